The molecule has 0 aliphatic carbocycles. The second-order valence-corrected chi connectivity index (χ2v) is 2.78. The van der Waals surface area contributed by atoms with Gasteiger partial charge in [-0.15, -0.1) is 0 Å². The smallest absolute Gasteiger partial charge is 0.0774 e. The monoisotopic (exact) mass is 165 g/mol. The molecule has 1 aromatic rings. The van der Waals surface area contributed by atoms with E-state index in [0.29, 0.717) is 6.42 Å². The molecule has 1 rings (SSSR count). The van der Waals surface area contributed by atoms with Gasteiger partial charge in [-0.2, -0.15) is 0 Å². The van der Waals surface area contributed by atoms with E-state index < -0.39 is 6.10 Å². The highest BCUT2D eigenvalue weighted by Gasteiger charge is 2.01. The maximum absolute atomic E-state index is 9.06. The van der Waals surface area contributed by atoms with Crippen molar-refractivity contribution in [2.75, 3.05) is 6.61 Å². The number of aliphatic hydroxyl groups excluding tert-OH is 2. The minimum Gasteiger partial charge on any atom is -0.394 e. The Kier molecular flexibility index (Phi) is 3.77. The van der Waals surface area contributed by atoms with E-state index in [1.807, 2.05) is 24.3 Å². The molecule has 0 bridgehead atoms. The molecule has 2 nitrogen and oxygen atoms in total. The Labute approximate surface area is 72.5 Å². The lowest BCUT2D eigenvalue weighted by Gasteiger charge is -2.05. The van der Waals surface area contributed by atoms with Gasteiger partial charge in [0.1, 0.15) is 0 Å². The van der Waals surface area contributed by atoms with Crippen LogP contribution in [0, 0.1) is 6.07 Å². The topological polar surface area (TPSA) is 40.5 Å². The number of hydrogen-bond acceptors (Lipinski definition) is 2. The van der Waals surface area contributed by atoms with Crippen LogP contribution in [0.2, 0.25) is 0 Å². The highest BCUT2D eigenvalue weighted by molar-refractivity contribution is 5.13. The molecule has 0 aliphatic heterocycles. The van der Waals surface area contributed by atoms with E-state index in [-0.39, 0.29) is 6.61 Å². The van der Waals surface area contributed by atoms with Crippen molar-refractivity contribution in [2.45, 2.75) is 18.9 Å². The lowest BCUT2D eigenvalue weighted by atomic mass is 10.1. The van der Waals surface area contributed by atoms with Gasteiger partial charge < -0.3 is 10.2 Å². The van der Waals surface area contributed by atoms with Crippen LogP contribution in [0.5, 0.6) is 0 Å². The third-order valence-electron chi connectivity index (χ3n) is 1.76. The average Bonchev–Trinajstić information content (AvgIpc) is 2.16. The van der Waals surface area contributed by atoms with Gasteiger partial charge in [0.25, 0.3) is 0 Å². The summed E-state index contributed by atoms with van der Waals surface area (Å²) in [5, 5.41) is 17.6. The first-order valence-electron chi connectivity index (χ1n) is 4.07. The van der Waals surface area contributed by atoms with Gasteiger partial charge in [-0.25, -0.2) is 0 Å². The number of benzene rings is 1. The molecule has 0 aromatic heterocycles. The largest absolute Gasteiger partial charge is 0.394 e. The molecule has 1 atom stereocenters. The van der Waals surface area contributed by atoms with Gasteiger partial charge >= 0.3 is 0 Å². The van der Waals surface area contributed by atoms with E-state index in [9.17, 15) is 0 Å². The molecule has 12 heavy (non-hydrogen) atoms. The van der Waals surface area contributed by atoms with Crippen LogP contribution in [0.25, 0.3) is 0 Å². The van der Waals surface area contributed by atoms with Crippen molar-refractivity contribution in [1.29, 1.82) is 0 Å². The third-order valence-corrected chi connectivity index (χ3v) is 1.76. The SMILES string of the molecule is OCC(O)CCc1cc[c]cc1. The molecule has 0 heterocycles. The van der Waals surface area contributed by atoms with E-state index in [1.165, 1.54) is 5.56 Å². The minimum absolute atomic E-state index is 0.154. The van der Waals surface area contributed by atoms with Crippen LogP contribution in [0.3, 0.4) is 0 Å². The summed E-state index contributed by atoms with van der Waals surface area (Å²) < 4.78 is 0. The van der Waals surface area contributed by atoms with Gasteiger partial charge in [-0.05, 0) is 24.5 Å². The van der Waals surface area contributed by atoms with Crippen molar-refractivity contribution in [3.8, 4) is 0 Å². The van der Waals surface area contributed by atoms with Crippen molar-refractivity contribution >= 4 is 0 Å². The summed E-state index contributed by atoms with van der Waals surface area (Å²) in [4.78, 5) is 0. The van der Waals surface area contributed by atoms with Gasteiger partial charge in [0.15, 0.2) is 0 Å². The normalized spacial score (nSPS) is 12.8. The Morgan fingerprint density at radius 3 is 2.58 bits per heavy atom. The maximum Gasteiger partial charge on any atom is 0.0774 e. The maximum atomic E-state index is 9.06. The van der Waals surface area contributed by atoms with Crippen molar-refractivity contribution < 1.29 is 10.2 Å². The summed E-state index contributed by atoms with van der Waals surface area (Å²) in [5.41, 5.74) is 1.17. The van der Waals surface area contributed by atoms with Crippen LogP contribution in [0.15, 0.2) is 24.3 Å². The molecule has 0 aliphatic rings. The van der Waals surface area contributed by atoms with Gasteiger partial charge in [-0.1, -0.05) is 24.3 Å². The van der Waals surface area contributed by atoms with Gasteiger partial charge in [0.2, 0.25) is 0 Å². The molecule has 0 spiro atoms. The molecule has 0 amide bonds. The average molecular weight is 165 g/mol. The van der Waals surface area contributed by atoms with Crippen LogP contribution in [-0.4, -0.2) is 22.9 Å². The molecular weight excluding hydrogens is 152 g/mol. The van der Waals surface area contributed by atoms with Crippen LogP contribution in [-0.2, 0) is 6.42 Å². The minimum atomic E-state index is -0.589. The lowest BCUT2D eigenvalue weighted by Crippen LogP contribution is -2.12. The fraction of sp³-hybridized carbons (Fsp3) is 0.400. The molecular formula is C10H13O2. The van der Waals surface area contributed by atoms with Gasteiger partial charge in [0, 0.05) is 0 Å². The van der Waals surface area contributed by atoms with Crippen LogP contribution < -0.4 is 0 Å². The molecule has 65 valence electrons. The van der Waals surface area contributed by atoms with Crippen LogP contribution in [0.1, 0.15) is 12.0 Å². The molecule has 1 unspecified atom stereocenters. The van der Waals surface area contributed by atoms with Crippen molar-refractivity contribution in [2.24, 2.45) is 0 Å². The van der Waals surface area contributed by atoms with Crippen LogP contribution >= 0.6 is 0 Å². The number of aryl methyl sites for hydroxylation is 1. The first kappa shape index (κ1) is 9.23. The molecule has 2 N–H and O–H groups in total. The zero-order valence-corrected chi connectivity index (χ0v) is 6.90. The van der Waals surface area contributed by atoms with Crippen molar-refractivity contribution in [3.63, 3.8) is 0 Å². The lowest BCUT2D eigenvalue weighted by molar-refractivity contribution is 0.0886. The molecule has 0 saturated heterocycles. The molecule has 0 saturated carbocycles. The Hall–Kier alpha value is -0.860. The number of rotatable bonds is 4. The molecule has 1 aromatic carbocycles. The first-order chi connectivity index (χ1) is 5.83. The third kappa shape index (κ3) is 3.03. The first-order valence-corrected chi connectivity index (χ1v) is 4.07. The van der Waals surface area contributed by atoms with Crippen molar-refractivity contribution in [1.82, 2.24) is 0 Å². The highest BCUT2D eigenvalue weighted by atomic mass is 16.3. The molecule has 1 radical (unpaired) electrons. The summed E-state index contributed by atoms with van der Waals surface area (Å²) in [6, 6.07) is 10.5. The van der Waals surface area contributed by atoms with Gasteiger partial charge in [0.05, 0.1) is 12.7 Å². The summed E-state index contributed by atoms with van der Waals surface area (Å²) in [5.74, 6) is 0. The Balaban J connectivity index is 2.33. The summed E-state index contributed by atoms with van der Waals surface area (Å²) >= 11 is 0. The molecule has 0 fully saturated rings. The molecule has 2 heteroatoms. The zero-order chi connectivity index (χ0) is 8.81. The zero-order valence-electron chi connectivity index (χ0n) is 6.90. The second-order valence-electron chi connectivity index (χ2n) is 2.78. The Morgan fingerprint density at radius 2 is 2.00 bits per heavy atom. The number of hydrogen-bond donors (Lipinski definition) is 2. The van der Waals surface area contributed by atoms with Crippen LogP contribution in [0.4, 0.5) is 0 Å². The Morgan fingerprint density at radius 1 is 1.33 bits per heavy atom. The van der Waals surface area contributed by atoms with E-state index in [0.717, 1.165) is 6.42 Å². The summed E-state index contributed by atoms with van der Waals surface area (Å²) in [6.45, 7) is -0.154. The fourth-order valence-electron chi connectivity index (χ4n) is 1.01. The van der Waals surface area contributed by atoms with E-state index >= 15 is 0 Å². The predicted molar refractivity (Wildman–Crippen MR) is 46.7 cm³/mol. The van der Waals surface area contributed by atoms with E-state index in [4.69, 9.17) is 10.2 Å². The van der Waals surface area contributed by atoms with E-state index in [1.54, 1.807) is 0 Å². The number of aliphatic hydroxyl groups is 2. The summed E-state index contributed by atoms with van der Waals surface area (Å²) in [6.07, 6.45) is 0.825. The van der Waals surface area contributed by atoms with Crippen molar-refractivity contribution in [3.05, 3.63) is 35.9 Å². The fourth-order valence-corrected chi connectivity index (χ4v) is 1.01. The summed E-state index contributed by atoms with van der Waals surface area (Å²) in [7, 11) is 0. The predicted octanol–water partition coefficient (Wildman–Crippen LogP) is 0.773. The quantitative estimate of drug-likeness (QED) is 0.692. The van der Waals surface area contributed by atoms with E-state index in [2.05, 4.69) is 6.07 Å². The highest BCUT2D eigenvalue weighted by Crippen LogP contribution is 2.03. The standard InChI is InChI=1S/C10H13O2/c11-8-10(12)7-6-9-4-2-1-3-5-9/h2-5,10-12H,6-8H2. The van der Waals surface area contributed by atoms with Gasteiger partial charge in [-0.3, -0.25) is 0 Å². The second kappa shape index (κ2) is 4.91. The Bertz CT molecular complexity index is 208.